The lowest BCUT2D eigenvalue weighted by molar-refractivity contribution is 0.102. The van der Waals surface area contributed by atoms with Gasteiger partial charge >= 0.3 is 0 Å². The van der Waals surface area contributed by atoms with Crippen LogP contribution in [0.2, 0.25) is 0 Å². The lowest BCUT2D eigenvalue weighted by atomic mass is 10.0. The Labute approximate surface area is 135 Å². The molecule has 3 rings (SSSR count). The molecule has 118 valence electrons. The maximum absolute atomic E-state index is 12.6. The first-order valence-corrected chi connectivity index (χ1v) is 7.87. The van der Waals surface area contributed by atoms with Crippen molar-refractivity contribution in [3.05, 3.63) is 59.0 Å². The van der Waals surface area contributed by atoms with Gasteiger partial charge in [0.05, 0.1) is 0 Å². The van der Waals surface area contributed by atoms with Gasteiger partial charge in [-0.15, -0.1) is 10.2 Å². The topological polar surface area (TPSA) is 59.3 Å². The van der Waals surface area contributed by atoms with Crippen LogP contribution in [0.4, 0.5) is 5.69 Å². The second kappa shape index (κ2) is 6.20. The predicted octanol–water partition coefficient (Wildman–Crippen LogP) is 3.41. The van der Waals surface area contributed by atoms with E-state index in [0.29, 0.717) is 11.2 Å². The van der Waals surface area contributed by atoms with E-state index in [9.17, 15) is 4.79 Å². The molecule has 0 unspecified atom stereocenters. The molecular weight excluding hydrogens is 288 g/mol. The fourth-order valence-corrected chi connectivity index (χ4v) is 2.74. The number of aromatic nitrogens is 3. The highest BCUT2D eigenvalue weighted by Crippen LogP contribution is 2.23. The van der Waals surface area contributed by atoms with Crippen molar-refractivity contribution in [3.8, 4) is 0 Å². The lowest BCUT2D eigenvalue weighted by Gasteiger charge is -2.14. The van der Waals surface area contributed by atoms with Crippen LogP contribution in [0.1, 0.15) is 41.2 Å². The van der Waals surface area contributed by atoms with Crippen LogP contribution in [0.25, 0.3) is 5.65 Å². The summed E-state index contributed by atoms with van der Waals surface area (Å²) in [6, 6.07) is 9.70. The molecular formula is C18H20N4O. The van der Waals surface area contributed by atoms with Crippen LogP contribution in [0, 0.1) is 6.92 Å². The number of carbonyl (C=O) groups excluding carboxylic acids is 1. The average molecular weight is 308 g/mol. The van der Waals surface area contributed by atoms with Crippen LogP contribution in [-0.2, 0) is 12.8 Å². The molecule has 3 aromatic rings. The van der Waals surface area contributed by atoms with Gasteiger partial charge in [-0.2, -0.15) is 0 Å². The number of para-hydroxylation sites is 1. The molecule has 1 aromatic carbocycles. The largest absolute Gasteiger partial charge is 0.321 e. The van der Waals surface area contributed by atoms with Gasteiger partial charge in [0.1, 0.15) is 5.82 Å². The van der Waals surface area contributed by atoms with Crippen molar-refractivity contribution in [2.75, 3.05) is 5.32 Å². The number of amides is 1. The molecule has 5 nitrogen and oxygen atoms in total. The van der Waals surface area contributed by atoms with Crippen LogP contribution < -0.4 is 5.32 Å². The number of nitrogens with one attached hydrogen (secondary N) is 1. The summed E-state index contributed by atoms with van der Waals surface area (Å²) in [6.45, 7) is 6.07. The number of carbonyl (C=O) groups is 1. The summed E-state index contributed by atoms with van der Waals surface area (Å²) in [6.07, 6.45) is 3.59. The monoisotopic (exact) mass is 308 g/mol. The van der Waals surface area contributed by atoms with E-state index in [-0.39, 0.29) is 5.91 Å². The van der Waals surface area contributed by atoms with E-state index in [2.05, 4.69) is 41.5 Å². The number of fused-ring (bicyclic) bond motifs is 1. The molecule has 1 N–H and O–H groups in total. The van der Waals surface area contributed by atoms with Crippen LogP contribution in [0.3, 0.4) is 0 Å². The van der Waals surface area contributed by atoms with Crippen LogP contribution in [-0.4, -0.2) is 20.5 Å². The molecule has 1 amide bonds. The minimum atomic E-state index is -0.122. The Hall–Kier alpha value is -2.69. The van der Waals surface area contributed by atoms with E-state index in [1.54, 1.807) is 12.1 Å². The zero-order chi connectivity index (χ0) is 16.4. The summed E-state index contributed by atoms with van der Waals surface area (Å²) in [5, 5.41) is 11.2. The molecule has 0 radical (unpaired) electrons. The summed E-state index contributed by atoms with van der Waals surface area (Å²) in [5.74, 6) is 0.681. The average Bonchev–Trinajstić information content (AvgIpc) is 2.95. The molecule has 0 aliphatic carbocycles. The predicted molar refractivity (Wildman–Crippen MR) is 90.9 cm³/mol. The normalized spacial score (nSPS) is 10.9. The fourth-order valence-electron chi connectivity index (χ4n) is 2.74. The molecule has 0 aliphatic rings. The maximum Gasteiger partial charge on any atom is 0.255 e. The molecule has 0 bridgehead atoms. The minimum Gasteiger partial charge on any atom is -0.321 e. The van der Waals surface area contributed by atoms with Gasteiger partial charge in [-0.3, -0.25) is 9.20 Å². The number of rotatable bonds is 4. The second-order valence-electron chi connectivity index (χ2n) is 5.50. The molecule has 2 aromatic heterocycles. The highest BCUT2D eigenvalue weighted by Gasteiger charge is 2.13. The molecule has 5 heteroatoms. The van der Waals surface area contributed by atoms with Crippen LogP contribution >= 0.6 is 0 Å². The Morgan fingerprint density at radius 2 is 1.83 bits per heavy atom. The van der Waals surface area contributed by atoms with Crippen molar-refractivity contribution >= 4 is 17.2 Å². The molecule has 0 aliphatic heterocycles. The number of hydrogen-bond donors (Lipinski definition) is 1. The smallest absolute Gasteiger partial charge is 0.255 e. The maximum atomic E-state index is 12.6. The first-order chi connectivity index (χ1) is 11.1. The van der Waals surface area contributed by atoms with Gasteiger partial charge in [0.25, 0.3) is 5.91 Å². The standard InChI is InChI=1S/C18H20N4O/c1-4-13-7-6-8-14(5-2)17(13)19-18(23)15-9-10-22-12(3)20-21-16(22)11-15/h6-11H,4-5H2,1-3H3,(H,19,23). The SMILES string of the molecule is CCc1cccc(CC)c1NC(=O)c1ccn2c(C)nnc2c1. The Balaban J connectivity index is 1.94. The van der Waals surface area contributed by atoms with E-state index >= 15 is 0 Å². The molecule has 23 heavy (non-hydrogen) atoms. The molecule has 0 fully saturated rings. The quantitative estimate of drug-likeness (QED) is 0.803. The van der Waals surface area contributed by atoms with Gasteiger partial charge in [0, 0.05) is 17.4 Å². The number of benzene rings is 1. The van der Waals surface area contributed by atoms with Gasteiger partial charge < -0.3 is 5.32 Å². The highest BCUT2D eigenvalue weighted by molar-refractivity contribution is 6.05. The fraction of sp³-hybridized carbons (Fsp3) is 0.278. The Bertz CT molecular complexity index is 844. The van der Waals surface area contributed by atoms with Crippen molar-refractivity contribution in [2.45, 2.75) is 33.6 Å². The van der Waals surface area contributed by atoms with E-state index in [4.69, 9.17) is 0 Å². The Kier molecular flexibility index (Phi) is 4.10. The van der Waals surface area contributed by atoms with Gasteiger partial charge in [-0.25, -0.2) is 0 Å². The minimum absolute atomic E-state index is 0.122. The number of anilines is 1. The van der Waals surface area contributed by atoms with Crippen molar-refractivity contribution in [3.63, 3.8) is 0 Å². The number of aryl methyl sites for hydroxylation is 3. The summed E-state index contributed by atoms with van der Waals surface area (Å²) in [7, 11) is 0. The molecule has 2 heterocycles. The van der Waals surface area contributed by atoms with Crippen LogP contribution in [0.5, 0.6) is 0 Å². The number of pyridine rings is 1. The molecule has 0 saturated heterocycles. The van der Waals surface area contributed by atoms with Gasteiger partial charge in [-0.1, -0.05) is 32.0 Å². The molecule has 0 atom stereocenters. The third-order valence-corrected chi connectivity index (χ3v) is 4.08. The van der Waals surface area contributed by atoms with Gasteiger partial charge in [0.2, 0.25) is 0 Å². The van der Waals surface area contributed by atoms with E-state index in [1.807, 2.05) is 23.6 Å². The number of nitrogens with zero attached hydrogens (tertiary/aromatic N) is 3. The molecule has 0 spiro atoms. The Morgan fingerprint density at radius 3 is 2.48 bits per heavy atom. The summed E-state index contributed by atoms with van der Waals surface area (Å²) in [4.78, 5) is 12.6. The van der Waals surface area contributed by atoms with Crippen molar-refractivity contribution in [2.24, 2.45) is 0 Å². The summed E-state index contributed by atoms with van der Waals surface area (Å²) in [5.41, 5.74) is 4.49. The third kappa shape index (κ3) is 2.82. The zero-order valence-corrected chi connectivity index (χ0v) is 13.6. The van der Waals surface area contributed by atoms with E-state index in [0.717, 1.165) is 35.5 Å². The summed E-state index contributed by atoms with van der Waals surface area (Å²) >= 11 is 0. The number of hydrogen-bond acceptors (Lipinski definition) is 3. The first-order valence-electron chi connectivity index (χ1n) is 7.87. The third-order valence-electron chi connectivity index (χ3n) is 4.08. The van der Waals surface area contributed by atoms with Crippen molar-refractivity contribution in [1.82, 2.24) is 14.6 Å². The summed E-state index contributed by atoms with van der Waals surface area (Å²) < 4.78 is 1.86. The highest BCUT2D eigenvalue weighted by atomic mass is 16.1. The zero-order valence-electron chi connectivity index (χ0n) is 13.6. The second-order valence-corrected chi connectivity index (χ2v) is 5.50. The molecule has 0 saturated carbocycles. The first kappa shape index (κ1) is 15.2. The van der Waals surface area contributed by atoms with E-state index in [1.165, 1.54) is 0 Å². The van der Waals surface area contributed by atoms with Gasteiger partial charge in [-0.05, 0) is 43.0 Å². The lowest BCUT2D eigenvalue weighted by Crippen LogP contribution is -2.15. The van der Waals surface area contributed by atoms with E-state index < -0.39 is 0 Å². The van der Waals surface area contributed by atoms with Crippen LogP contribution in [0.15, 0.2) is 36.5 Å². The van der Waals surface area contributed by atoms with Crippen molar-refractivity contribution < 1.29 is 4.79 Å². The van der Waals surface area contributed by atoms with Gasteiger partial charge in [0.15, 0.2) is 5.65 Å². The van der Waals surface area contributed by atoms with Crippen molar-refractivity contribution in [1.29, 1.82) is 0 Å². The Morgan fingerprint density at radius 1 is 1.13 bits per heavy atom.